The first kappa shape index (κ1) is 29.1. The van der Waals surface area contributed by atoms with Gasteiger partial charge in [-0.05, 0) is 80.5 Å². The summed E-state index contributed by atoms with van der Waals surface area (Å²) in [6.07, 6.45) is 0. The van der Waals surface area contributed by atoms with Gasteiger partial charge in [-0.25, -0.2) is 0 Å². The lowest BCUT2D eigenvalue weighted by Gasteiger charge is -2.50. The lowest BCUT2D eigenvalue weighted by Crippen LogP contribution is -2.62. The van der Waals surface area contributed by atoms with Crippen LogP contribution >= 0.6 is 0 Å². The molecule has 0 radical (unpaired) electrons. The van der Waals surface area contributed by atoms with Gasteiger partial charge in [-0.2, -0.15) is 0 Å². The van der Waals surface area contributed by atoms with Gasteiger partial charge < -0.3 is 14.1 Å². The molecule has 0 fully saturated rings. The van der Waals surface area contributed by atoms with Gasteiger partial charge in [0.25, 0.3) is 0 Å². The van der Waals surface area contributed by atoms with Crippen LogP contribution in [0.4, 0.5) is 28.4 Å². The van der Waals surface area contributed by atoms with Crippen LogP contribution in [-0.2, 0) is 5.41 Å². The predicted molar refractivity (Wildman–Crippen MR) is 223 cm³/mol. The summed E-state index contributed by atoms with van der Waals surface area (Å²) in [4.78, 5) is 5.20. The molecule has 53 heavy (non-hydrogen) atoms. The second-order valence-electron chi connectivity index (χ2n) is 15.3. The molecule has 1 aromatic heterocycles. The fraction of sp³-hybridized carbons (Fsp3) is 0.0612. The summed E-state index contributed by atoms with van der Waals surface area (Å²) in [7, 11) is 0. The summed E-state index contributed by atoms with van der Waals surface area (Å²) in [6.45, 7) is 4.67. The Kier molecular flexibility index (Phi) is 5.66. The number of fused-ring (bicyclic) bond motifs is 11. The number of hydrogen-bond donors (Lipinski definition) is 0. The summed E-state index contributed by atoms with van der Waals surface area (Å²) >= 11 is 0. The van der Waals surface area contributed by atoms with Crippen molar-refractivity contribution in [3.8, 4) is 22.3 Å². The van der Waals surface area contributed by atoms with Crippen LogP contribution in [0.15, 0.2) is 168 Å². The highest BCUT2D eigenvalue weighted by atomic mass is 16.3. The average molecular weight is 677 g/mol. The van der Waals surface area contributed by atoms with Crippen molar-refractivity contribution in [1.82, 2.24) is 0 Å². The monoisotopic (exact) mass is 676 g/mol. The molecule has 8 aromatic carbocycles. The first-order valence-corrected chi connectivity index (χ1v) is 18.6. The molecule has 0 unspecified atom stereocenters. The van der Waals surface area contributed by atoms with Gasteiger partial charge in [0.05, 0.1) is 17.1 Å². The molecule has 248 valence electrons. The quantitative estimate of drug-likeness (QED) is 0.170. The van der Waals surface area contributed by atoms with Crippen LogP contribution in [-0.4, -0.2) is 6.85 Å². The number of benzene rings is 8. The Morgan fingerprint density at radius 3 is 2.13 bits per heavy atom. The third-order valence-electron chi connectivity index (χ3n) is 12.2. The van der Waals surface area contributed by atoms with E-state index in [1.54, 1.807) is 0 Å². The fourth-order valence-electron chi connectivity index (χ4n) is 9.84. The third-order valence-corrected chi connectivity index (χ3v) is 12.2. The maximum Gasteiger partial charge on any atom is 0.333 e. The van der Waals surface area contributed by atoms with Crippen LogP contribution in [0.25, 0.3) is 55.0 Å². The van der Waals surface area contributed by atoms with Gasteiger partial charge in [-0.3, -0.25) is 0 Å². The van der Waals surface area contributed by atoms with Crippen molar-refractivity contribution in [2.75, 3.05) is 9.71 Å². The predicted octanol–water partition coefficient (Wildman–Crippen LogP) is 11.8. The molecule has 0 saturated heterocycles. The lowest BCUT2D eigenvalue weighted by molar-refractivity contribution is 0.632. The summed E-state index contributed by atoms with van der Waals surface area (Å²) < 4.78 is 6.84. The number of furan rings is 1. The molecule has 0 saturated carbocycles. The molecule has 3 aliphatic rings. The number of hydrogen-bond acceptors (Lipinski definition) is 3. The molecule has 4 heterocycles. The van der Waals surface area contributed by atoms with E-state index < -0.39 is 0 Å². The van der Waals surface area contributed by atoms with E-state index in [0.29, 0.717) is 0 Å². The van der Waals surface area contributed by atoms with Gasteiger partial charge in [0.15, 0.2) is 5.58 Å². The number of para-hydroxylation sites is 4. The molecule has 0 amide bonds. The Bertz CT molecular complexity index is 3010. The second kappa shape index (κ2) is 10.3. The van der Waals surface area contributed by atoms with E-state index in [1.807, 2.05) is 0 Å². The van der Waals surface area contributed by atoms with Crippen LogP contribution in [0, 0.1) is 0 Å². The molecule has 12 rings (SSSR count). The van der Waals surface area contributed by atoms with Crippen molar-refractivity contribution in [3.63, 3.8) is 0 Å². The fourth-order valence-corrected chi connectivity index (χ4v) is 9.84. The molecule has 0 N–H and O–H groups in total. The Morgan fingerprint density at radius 2 is 1.23 bits per heavy atom. The van der Waals surface area contributed by atoms with Gasteiger partial charge in [0.2, 0.25) is 0 Å². The highest BCUT2D eigenvalue weighted by Crippen LogP contribution is 2.56. The highest BCUT2D eigenvalue weighted by molar-refractivity contribution is 6.94. The minimum absolute atomic E-state index is 0.106. The van der Waals surface area contributed by atoms with E-state index in [-0.39, 0.29) is 12.3 Å². The minimum atomic E-state index is -0.190. The molecule has 0 aliphatic carbocycles. The van der Waals surface area contributed by atoms with Crippen LogP contribution in [0.2, 0.25) is 0 Å². The minimum Gasteiger partial charge on any atom is -0.454 e. The van der Waals surface area contributed by atoms with Crippen LogP contribution in [0.1, 0.15) is 25.0 Å². The van der Waals surface area contributed by atoms with E-state index in [0.717, 1.165) is 27.6 Å². The first-order valence-electron chi connectivity index (χ1n) is 18.6. The molecule has 9 aromatic rings. The summed E-state index contributed by atoms with van der Waals surface area (Å²) in [5.74, 6) is 0. The van der Waals surface area contributed by atoms with Crippen LogP contribution in [0.3, 0.4) is 0 Å². The molecule has 3 nitrogen and oxygen atoms in total. The third kappa shape index (κ3) is 3.75. The van der Waals surface area contributed by atoms with Crippen molar-refractivity contribution in [3.05, 3.63) is 175 Å². The standard InChI is InChI=1S/C49H33BN2O/c1-49(2)38-20-9-10-23-42(38)51-46-33-17-7-6-16-32(33)29-37-36-28-31(30-14-4-3-5-15-30)26-27-41(36)52(50(45(37)46)40-22-13-21-39(49)47(40)51)43-24-12-19-35-34-18-8-11-25-44(34)53-48(35)43/h3-29H,1-2H3. The summed E-state index contributed by atoms with van der Waals surface area (Å²) in [6, 6.07) is 60.3. The molecule has 0 bridgehead atoms. The SMILES string of the molecule is CC1(C)c2ccccc2N2c3c(cccc31)B1c3c(cc4ccccc4c32)-c2cc(-c3ccccc3)ccc2N1c1cccc2c1oc1ccccc12. The Labute approximate surface area is 308 Å². The summed E-state index contributed by atoms with van der Waals surface area (Å²) in [5, 5.41) is 4.77. The van der Waals surface area contributed by atoms with E-state index in [4.69, 9.17) is 4.42 Å². The molecule has 0 atom stereocenters. The van der Waals surface area contributed by atoms with Crippen LogP contribution in [0.5, 0.6) is 0 Å². The summed E-state index contributed by atoms with van der Waals surface area (Å²) in [5.41, 5.74) is 17.9. The van der Waals surface area contributed by atoms with Gasteiger partial charge in [0.1, 0.15) is 5.58 Å². The zero-order valence-electron chi connectivity index (χ0n) is 29.5. The van der Waals surface area contributed by atoms with E-state index in [2.05, 4.69) is 187 Å². The van der Waals surface area contributed by atoms with Crippen molar-refractivity contribution >= 4 is 78.9 Å². The van der Waals surface area contributed by atoms with E-state index in [9.17, 15) is 0 Å². The average Bonchev–Trinajstić information content (AvgIpc) is 3.60. The zero-order valence-corrected chi connectivity index (χ0v) is 29.5. The number of nitrogens with zero attached hydrogens (tertiary/aromatic N) is 2. The van der Waals surface area contributed by atoms with Crippen molar-refractivity contribution in [2.24, 2.45) is 0 Å². The Hall–Kier alpha value is -6.52. The largest absolute Gasteiger partial charge is 0.454 e. The maximum atomic E-state index is 6.84. The molecule has 3 aliphatic heterocycles. The topological polar surface area (TPSA) is 19.6 Å². The van der Waals surface area contributed by atoms with Crippen molar-refractivity contribution < 1.29 is 4.42 Å². The lowest BCUT2D eigenvalue weighted by atomic mass is 9.42. The number of rotatable bonds is 2. The van der Waals surface area contributed by atoms with Crippen LogP contribution < -0.4 is 20.6 Å². The van der Waals surface area contributed by atoms with Gasteiger partial charge in [-0.1, -0.05) is 141 Å². The Balaban J connectivity index is 1.26. The molecular weight excluding hydrogens is 643 g/mol. The highest BCUT2D eigenvalue weighted by Gasteiger charge is 2.50. The smallest absolute Gasteiger partial charge is 0.333 e. The molecule has 4 heteroatoms. The normalized spacial score (nSPS) is 14.6. The van der Waals surface area contributed by atoms with Crippen molar-refractivity contribution in [2.45, 2.75) is 19.3 Å². The van der Waals surface area contributed by atoms with Gasteiger partial charge >= 0.3 is 6.85 Å². The Morgan fingerprint density at radius 1 is 0.509 bits per heavy atom. The van der Waals surface area contributed by atoms with Gasteiger partial charge in [0, 0.05) is 38.5 Å². The second-order valence-corrected chi connectivity index (χ2v) is 15.3. The van der Waals surface area contributed by atoms with Gasteiger partial charge in [-0.15, -0.1) is 0 Å². The first-order chi connectivity index (χ1) is 26.1. The number of anilines is 5. The van der Waals surface area contributed by atoms with E-state index in [1.165, 1.54) is 77.8 Å². The maximum absolute atomic E-state index is 6.84. The van der Waals surface area contributed by atoms with E-state index >= 15 is 0 Å². The van der Waals surface area contributed by atoms with Crippen molar-refractivity contribution in [1.29, 1.82) is 0 Å². The molecular formula is C49H33BN2O. The zero-order chi connectivity index (χ0) is 35.0. The molecule has 0 spiro atoms.